The lowest BCUT2D eigenvalue weighted by Gasteiger charge is -2.32. The molecule has 4 aliphatic rings. The van der Waals surface area contributed by atoms with Crippen LogP contribution in [0.5, 0.6) is 0 Å². The molecule has 0 aromatic heterocycles. The van der Waals surface area contributed by atoms with Gasteiger partial charge in [0.1, 0.15) is 0 Å². The van der Waals surface area contributed by atoms with Gasteiger partial charge in [-0.05, 0) is 26.2 Å². The van der Waals surface area contributed by atoms with Crippen molar-refractivity contribution in [1.29, 1.82) is 0 Å². The van der Waals surface area contributed by atoms with Gasteiger partial charge < -0.3 is 40.0 Å². The topological polar surface area (TPSA) is 107 Å². The molecule has 288 valence electrons. The van der Waals surface area contributed by atoms with Gasteiger partial charge in [0.15, 0.2) is 0 Å². The number of piperazine rings is 4. The van der Waals surface area contributed by atoms with Gasteiger partial charge >= 0.3 is 0 Å². The first kappa shape index (κ1) is 57.8. The van der Waals surface area contributed by atoms with Gasteiger partial charge in [-0.15, -0.1) is 0 Å². The minimum Gasteiger partial charge on any atom is -0.381 e. The lowest BCUT2D eigenvalue weighted by molar-refractivity contribution is 0.0562. The van der Waals surface area contributed by atoms with Crippen molar-refractivity contribution in [3.05, 3.63) is 0 Å². The molecule has 4 fully saturated rings. The van der Waals surface area contributed by atoms with Crippen LogP contribution in [0.3, 0.4) is 0 Å². The molecule has 0 bridgehead atoms. The van der Waals surface area contributed by atoms with Crippen LogP contribution in [0.2, 0.25) is 0 Å². The van der Waals surface area contributed by atoms with Crippen LogP contribution in [0.4, 0.5) is 0 Å². The van der Waals surface area contributed by atoms with E-state index in [0.717, 1.165) is 131 Å². The summed E-state index contributed by atoms with van der Waals surface area (Å²) in [5.74, 6) is 0. The number of aliphatic hydroxyl groups excluding tert-OH is 4. The van der Waals surface area contributed by atoms with Crippen LogP contribution in [0.1, 0.15) is 72.3 Å². The van der Waals surface area contributed by atoms with Crippen LogP contribution < -0.4 is 0 Å². The minimum absolute atomic E-state index is 0. The highest BCUT2D eigenvalue weighted by atomic mass is 16.3. The number of aliphatic hydroxyl groups is 4. The fraction of sp³-hybridized carbons (Fsp3) is 1.00. The van der Waals surface area contributed by atoms with Crippen molar-refractivity contribution >= 4 is 0 Å². The van der Waals surface area contributed by atoms with E-state index in [1.807, 2.05) is 0 Å². The highest BCUT2D eigenvalue weighted by Crippen LogP contribution is 2.01. The average Bonchev–Trinajstić information content (AvgIpc) is 3.05. The van der Waals surface area contributed by atoms with Crippen molar-refractivity contribution in [2.75, 3.05) is 158 Å². The highest BCUT2D eigenvalue weighted by Gasteiger charge is 2.15. The first-order valence-electron chi connectivity index (χ1n) is 15.7. The summed E-state index contributed by atoms with van der Waals surface area (Å²) in [6, 6.07) is 0. The molecule has 0 radical (unpaired) electrons. The normalized spacial score (nSPS) is 20.3. The predicted molar refractivity (Wildman–Crippen MR) is 203 cm³/mol. The molecule has 4 N–H and O–H groups in total. The van der Waals surface area contributed by atoms with Gasteiger partial charge in [0.2, 0.25) is 0 Å². The van der Waals surface area contributed by atoms with Gasteiger partial charge in [0.25, 0.3) is 0 Å². The van der Waals surface area contributed by atoms with Crippen LogP contribution in [0, 0.1) is 0 Å². The van der Waals surface area contributed by atoms with Crippen LogP contribution in [-0.4, -0.2) is 217 Å². The molecule has 0 aromatic rings. The molecule has 12 heteroatoms. The molecular weight excluding hydrogens is 584 g/mol. The van der Waals surface area contributed by atoms with Gasteiger partial charge in [-0.3, -0.25) is 19.6 Å². The van der Waals surface area contributed by atoms with E-state index in [1.165, 1.54) is 0 Å². The summed E-state index contributed by atoms with van der Waals surface area (Å²) >= 11 is 0. The Labute approximate surface area is 289 Å². The van der Waals surface area contributed by atoms with Crippen LogP contribution in [0.15, 0.2) is 0 Å². The second kappa shape index (κ2) is 37.3. The monoisotopic (exact) mass is 673 g/mol. The second-order valence-electron chi connectivity index (χ2n) is 10.8. The summed E-state index contributed by atoms with van der Waals surface area (Å²) in [5, 5.41) is 35.0. The minimum atomic E-state index is 0. The Kier molecular flexibility index (Phi) is 46.9. The van der Waals surface area contributed by atoms with Crippen LogP contribution in [0.25, 0.3) is 0 Å². The molecule has 46 heavy (non-hydrogen) atoms. The van der Waals surface area contributed by atoms with E-state index in [1.54, 1.807) is 0 Å². The third-order valence-electron chi connectivity index (χ3n) is 8.45. The Balaban J connectivity index is -0.000000111. The SMILES string of the molecule is C.C.C.C.C.C.CCN1CCN(CO)CC1.CCN1CCN(CO)CC1.CCN1CCN(CO)CC1.CCN1CCN(CO)CC1. The molecule has 0 aliphatic carbocycles. The average molecular weight is 673 g/mol. The van der Waals surface area contributed by atoms with E-state index in [4.69, 9.17) is 20.4 Å². The predicted octanol–water partition coefficient (Wildman–Crippen LogP) is 2.11. The molecule has 4 rings (SSSR count). The van der Waals surface area contributed by atoms with Gasteiger partial charge in [-0.25, -0.2) is 0 Å². The van der Waals surface area contributed by atoms with Gasteiger partial charge in [-0.1, -0.05) is 72.3 Å². The number of hydrogen-bond donors (Lipinski definition) is 4. The zero-order chi connectivity index (χ0) is 29.6. The maximum atomic E-state index is 8.76. The van der Waals surface area contributed by atoms with E-state index in [2.05, 4.69) is 66.9 Å². The molecule has 0 spiro atoms. The summed E-state index contributed by atoms with van der Waals surface area (Å²) < 4.78 is 0. The van der Waals surface area contributed by atoms with Crippen molar-refractivity contribution in [2.45, 2.75) is 72.3 Å². The van der Waals surface area contributed by atoms with Crippen molar-refractivity contribution in [3.63, 3.8) is 0 Å². The zero-order valence-corrected chi connectivity index (χ0v) is 26.3. The van der Waals surface area contributed by atoms with Crippen molar-refractivity contribution in [3.8, 4) is 0 Å². The molecule has 4 aliphatic heterocycles. The number of likely N-dealkylation sites (N-methyl/N-ethyl adjacent to an activating group) is 4. The Hall–Kier alpha value is -0.480. The third kappa shape index (κ3) is 25.5. The summed E-state index contributed by atoms with van der Waals surface area (Å²) in [6.45, 7) is 31.1. The van der Waals surface area contributed by atoms with E-state index in [9.17, 15) is 0 Å². The molecule has 4 saturated heterocycles. The number of nitrogens with zero attached hydrogens (tertiary/aromatic N) is 8. The molecular formula is C34H88N8O4. The quantitative estimate of drug-likeness (QED) is 0.304. The zero-order valence-electron chi connectivity index (χ0n) is 26.3. The summed E-state index contributed by atoms with van der Waals surface area (Å²) in [4.78, 5) is 17.8. The van der Waals surface area contributed by atoms with Crippen molar-refractivity contribution in [1.82, 2.24) is 39.2 Å². The van der Waals surface area contributed by atoms with Gasteiger partial charge in [-0.2, -0.15) is 0 Å². The standard InChI is InChI=1S/4C7H16N2O.6CH4/c4*1-2-8-3-5-9(7-10)6-4-8;;;;;;/h4*10H,2-7H2,1H3;6*1H4. The van der Waals surface area contributed by atoms with Crippen LogP contribution in [-0.2, 0) is 0 Å². The Morgan fingerprint density at radius 1 is 0.261 bits per heavy atom. The van der Waals surface area contributed by atoms with E-state index >= 15 is 0 Å². The molecule has 12 nitrogen and oxygen atoms in total. The summed E-state index contributed by atoms with van der Waals surface area (Å²) in [5.41, 5.74) is 0. The van der Waals surface area contributed by atoms with Gasteiger partial charge in [0, 0.05) is 105 Å². The largest absolute Gasteiger partial charge is 0.381 e. The fourth-order valence-corrected chi connectivity index (χ4v) is 4.99. The van der Waals surface area contributed by atoms with Gasteiger partial charge in [0.05, 0.1) is 26.9 Å². The van der Waals surface area contributed by atoms with E-state index < -0.39 is 0 Å². The van der Waals surface area contributed by atoms with E-state index in [0.29, 0.717) is 0 Å². The van der Waals surface area contributed by atoms with Crippen molar-refractivity contribution < 1.29 is 20.4 Å². The second-order valence-corrected chi connectivity index (χ2v) is 10.8. The first-order chi connectivity index (χ1) is 19.5. The molecule has 0 amide bonds. The lowest BCUT2D eigenvalue weighted by Crippen LogP contribution is -2.46. The number of rotatable bonds is 8. The third-order valence-corrected chi connectivity index (χ3v) is 8.45. The molecule has 0 atom stereocenters. The maximum Gasteiger partial charge on any atom is 0.0957 e. The Bertz CT molecular complexity index is 409. The lowest BCUT2D eigenvalue weighted by atomic mass is 10.3. The molecule has 0 aromatic carbocycles. The van der Waals surface area contributed by atoms with Crippen molar-refractivity contribution in [2.24, 2.45) is 0 Å². The highest BCUT2D eigenvalue weighted by molar-refractivity contribution is 4.70. The summed E-state index contributed by atoms with van der Waals surface area (Å²) in [7, 11) is 0. The Morgan fingerprint density at radius 2 is 0.370 bits per heavy atom. The smallest absolute Gasteiger partial charge is 0.0957 e. The fourth-order valence-electron chi connectivity index (χ4n) is 4.99. The van der Waals surface area contributed by atoms with Crippen LogP contribution >= 0.6 is 0 Å². The first-order valence-corrected chi connectivity index (χ1v) is 15.7. The molecule has 0 saturated carbocycles. The Morgan fingerprint density at radius 3 is 0.457 bits per heavy atom. The van der Waals surface area contributed by atoms with E-state index in [-0.39, 0.29) is 71.5 Å². The summed E-state index contributed by atoms with van der Waals surface area (Å²) in [6.07, 6.45) is 0. The maximum absolute atomic E-state index is 8.76. The molecule has 0 unspecified atom stereocenters. The molecule has 4 heterocycles. The number of hydrogen-bond acceptors (Lipinski definition) is 12.